The number of amides is 1. The molecule has 7 nitrogen and oxygen atoms in total. The fourth-order valence-corrected chi connectivity index (χ4v) is 7.37. The monoisotopic (exact) mass is 581 g/mol. The fraction of sp³-hybridized carbons (Fsp3) is 0.385. The predicted octanol–water partition coefficient (Wildman–Crippen LogP) is 6.59. The van der Waals surface area contributed by atoms with E-state index in [2.05, 4.69) is 10.4 Å². The Morgan fingerprint density at radius 3 is 2.57 bits per heavy atom. The van der Waals surface area contributed by atoms with Gasteiger partial charge in [0.05, 0.1) is 27.9 Å². The molecule has 1 N–H and O–H groups in total. The van der Waals surface area contributed by atoms with Crippen molar-refractivity contribution in [2.75, 3.05) is 5.75 Å². The van der Waals surface area contributed by atoms with E-state index in [-0.39, 0.29) is 28.5 Å². The van der Waals surface area contributed by atoms with Crippen LogP contribution in [0.15, 0.2) is 34.7 Å². The van der Waals surface area contributed by atoms with Gasteiger partial charge in [-0.3, -0.25) is 4.79 Å². The Bertz CT molecular complexity index is 1490. The van der Waals surface area contributed by atoms with E-state index in [1.54, 1.807) is 36.4 Å². The number of halogens is 3. The van der Waals surface area contributed by atoms with Gasteiger partial charge < -0.3 is 9.73 Å². The molecular formula is C26H26Cl3N3O4S. The summed E-state index contributed by atoms with van der Waals surface area (Å²) in [4.78, 5) is 13.5. The summed E-state index contributed by atoms with van der Waals surface area (Å²) in [6.45, 7) is 2.00. The Labute approximate surface area is 230 Å². The Kier molecular flexibility index (Phi) is 7.47. The van der Waals surface area contributed by atoms with Crippen molar-refractivity contribution in [2.45, 2.75) is 50.8 Å². The van der Waals surface area contributed by atoms with Crippen molar-refractivity contribution >= 4 is 62.2 Å². The molecule has 1 aliphatic carbocycles. The van der Waals surface area contributed by atoms with Crippen molar-refractivity contribution < 1.29 is 17.6 Å². The second kappa shape index (κ2) is 10.5. The average molecular weight is 583 g/mol. The molecule has 1 atom stereocenters. The third kappa shape index (κ3) is 5.62. The molecular weight excluding hydrogens is 557 g/mol. The molecule has 0 saturated heterocycles. The van der Waals surface area contributed by atoms with Gasteiger partial charge in [0.25, 0.3) is 5.91 Å². The molecule has 2 aromatic heterocycles. The topological polar surface area (TPSA) is 94.2 Å². The van der Waals surface area contributed by atoms with E-state index in [0.717, 1.165) is 25.7 Å². The number of nitrogens with zero attached hydrogens (tertiary/aromatic N) is 2. The molecule has 2 aliphatic rings. The van der Waals surface area contributed by atoms with Crippen LogP contribution in [0.2, 0.25) is 15.3 Å². The lowest BCUT2D eigenvalue weighted by molar-refractivity contribution is 0.0913. The largest absolute Gasteiger partial charge is 0.445 e. The van der Waals surface area contributed by atoms with Crippen molar-refractivity contribution in [3.8, 4) is 5.69 Å². The van der Waals surface area contributed by atoms with Crippen LogP contribution in [0.25, 0.3) is 17.3 Å². The third-order valence-corrected chi connectivity index (χ3v) is 9.23. The van der Waals surface area contributed by atoms with Gasteiger partial charge in [-0.1, -0.05) is 42.5 Å². The molecule has 5 rings (SSSR count). The highest BCUT2D eigenvalue weighted by atomic mass is 35.5. The maximum Gasteiger partial charge on any atom is 0.272 e. The second-order valence-corrected chi connectivity index (χ2v) is 13.0. The molecule has 1 fully saturated rings. The number of benzene rings is 1. The first-order valence-electron chi connectivity index (χ1n) is 12.2. The summed E-state index contributed by atoms with van der Waals surface area (Å²) in [6, 6.07) is 8.09. The molecule has 1 saturated carbocycles. The number of fused-ring (bicyclic) bond motifs is 1. The molecule has 0 spiro atoms. The Morgan fingerprint density at radius 1 is 1.14 bits per heavy atom. The lowest BCUT2D eigenvalue weighted by atomic mass is 9.84. The van der Waals surface area contributed by atoms with Gasteiger partial charge in [-0.2, -0.15) is 5.10 Å². The average Bonchev–Trinajstić information content (AvgIpc) is 3.42. The second-order valence-electron chi connectivity index (χ2n) is 9.69. The summed E-state index contributed by atoms with van der Waals surface area (Å²) < 4.78 is 33.0. The van der Waals surface area contributed by atoms with Gasteiger partial charge in [-0.05, 0) is 79.3 Å². The van der Waals surface area contributed by atoms with Crippen molar-refractivity contribution in [1.29, 1.82) is 0 Å². The van der Waals surface area contributed by atoms with E-state index >= 15 is 0 Å². The van der Waals surface area contributed by atoms with Gasteiger partial charge in [0, 0.05) is 16.6 Å². The molecule has 3 aromatic rings. The lowest BCUT2D eigenvalue weighted by Crippen LogP contribution is -2.39. The minimum Gasteiger partial charge on any atom is -0.445 e. The standard InChI is InChI=1S/C26H26Cl3N3O4S/c1-15(16-5-3-2-4-6-16)30-26(33)24-20-14-37(34,35)13-17(11-19-8-10-23(29)36-19)25(20)32(31-24)22-9-7-18(27)12-21(22)28/h7-12,15-16H,2-6,13-14H2,1H3,(H,30,33)/t15-/m1/s1. The number of hydrogen-bond donors (Lipinski definition) is 1. The number of aromatic nitrogens is 2. The molecule has 196 valence electrons. The summed E-state index contributed by atoms with van der Waals surface area (Å²) >= 11 is 18.6. The van der Waals surface area contributed by atoms with Crippen molar-refractivity contribution in [3.05, 3.63) is 68.3 Å². The molecule has 0 radical (unpaired) electrons. The van der Waals surface area contributed by atoms with Crippen LogP contribution in [0.3, 0.4) is 0 Å². The Morgan fingerprint density at radius 2 is 1.89 bits per heavy atom. The van der Waals surface area contributed by atoms with Crippen LogP contribution in [0, 0.1) is 5.92 Å². The Hall–Kier alpha value is -2.26. The molecule has 1 aromatic carbocycles. The minimum absolute atomic E-state index is 0.0619. The van der Waals surface area contributed by atoms with E-state index in [9.17, 15) is 13.2 Å². The number of hydrogen-bond acceptors (Lipinski definition) is 5. The number of carbonyl (C=O) groups is 1. The van der Waals surface area contributed by atoms with Crippen LogP contribution in [0.1, 0.15) is 66.5 Å². The van der Waals surface area contributed by atoms with E-state index in [0.29, 0.717) is 44.2 Å². The lowest BCUT2D eigenvalue weighted by Gasteiger charge is -2.28. The molecule has 1 amide bonds. The van der Waals surface area contributed by atoms with Gasteiger partial charge >= 0.3 is 0 Å². The zero-order valence-corrected chi connectivity index (χ0v) is 23.2. The molecule has 3 heterocycles. The van der Waals surface area contributed by atoms with Crippen molar-refractivity contribution in [3.63, 3.8) is 0 Å². The van der Waals surface area contributed by atoms with Gasteiger partial charge in [-0.15, -0.1) is 0 Å². The first-order chi connectivity index (χ1) is 17.6. The Balaban J connectivity index is 1.64. The summed E-state index contributed by atoms with van der Waals surface area (Å²) in [5.74, 6) is -0.214. The first kappa shape index (κ1) is 26.4. The zero-order valence-electron chi connectivity index (χ0n) is 20.1. The number of furan rings is 1. The minimum atomic E-state index is -3.58. The van der Waals surface area contributed by atoms with Crippen molar-refractivity contribution in [1.82, 2.24) is 15.1 Å². The molecule has 11 heteroatoms. The molecule has 0 bridgehead atoms. The number of carbonyl (C=O) groups excluding carboxylic acids is 1. The van der Waals surface area contributed by atoms with E-state index < -0.39 is 15.7 Å². The maximum absolute atomic E-state index is 13.5. The van der Waals surface area contributed by atoms with E-state index in [1.807, 2.05) is 6.92 Å². The van der Waals surface area contributed by atoms with Crippen LogP contribution in [-0.4, -0.2) is 35.9 Å². The maximum atomic E-state index is 13.5. The highest BCUT2D eigenvalue weighted by molar-refractivity contribution is 7.91. The third-order valence-electron chi connectivity index (χ3n) is 7.01. The van der Waals surface area contributed by atoms with Gasteiger partial charge in [0.1, 0.15) is 5.76 Å². The summed E-state index contributed by atoms with van der Waals surface area (Å²) in [6.07, 6.45) is 7.23. The van der Waals surface area contributed by atoms with Crippen LogP contribution in [0.5, 0.6) is 0 Å². The SMILES string of the molecule is C[C@@H](NC(=O)c1nn(-c2ccc(Cl)cc2Cl)c2c1CS(=O)(=O)CC2=Cc1ccc(Cl)o1)C1CCCCC1. The summed E-state index contributed by atoms with van der Waals surface area (Å²) in [5.41, 5.74) is 1.78. The molecule has 1 aliphatic heterocycles. The highest BCUT2D eigenvalue weighted by Gasteiger charge is 2.36. The number of nitrogens with one attached hydrogen (secondary N) is 1. The van der Waals surface area contributed by atoms with E-state index in [1.165, 1.54) is 11.1 Å². The number of sulfone groups is 1. The van der Waals surface area contributed by atoms with Crippen molar-refractivity contribution in [2.24, 2.45) is 5.92 Å². The van der Waals surface area contributed by atoms with Gasteiger partial charge in [0.2, 0.25) is 0 Å². The summed E-state index contributed by atoms with van der Waals surface area (Å²) in [5, 5.41) is 8.64. The quantitative estimate of drug-likeness (QED) is 0.366. The van der Waals surface area contributed by atoms with Crippen LogP contribution >= 0.6 is 34.8 Å². The van der Waals surface area contributed by atoms with Crippen LogP contribution < -0.4 is 5.32 Å². The smallest absolute Gasteiger partial charge is 0.272 e. The van der Waals surface area contributed by atoms with Gasteiger partial charge in [-0.25, -0.2) is 13.1 Å². The molecule has 37 heavy (non-hydrogen) atoms. The van der Waals surface area contributed by atoms with Crippen LogP contribution in [-0.2, 0) is 15.6 Å². The van der Waals surface area contributed by atoms with Crippen LogP contribution in [0.4, 0.5) is 0 Å². The van der Waals surface area contributed by atoms with E-state index in [4.69, 9.17) is 39.2 Å². The number of rotatable bonds is 5. The predicted molar refractivity (Wildman–Crippen MR) is 146 cm³/mol. The normalized spacial score (nSPS) is 19.5. The summed E-state index contributed by atoms with van der Waals surface area (Å²) in [7, 11) is -3.58. The van der Waals surface area contributed by atoms with Gasteiger partial charge in [0.15, 0.2) is 20.8 Å². The zero-order chi connectivity index (χ0) is 26.3. The fourth-order valence-electron chi connectivity index (χ4n) is 5.22. The molecule has 0 unspecified atom stereocenters. The highest BCUT2D eigenvalue weighted by Crippen LogP contribution is 2.37. The first-order valence-corrected chi connectivity index (χ1v) is 15.1.